The highest BCUT2D eigenvalue weighted by atomic mass is 16.6. The minimum absolute atomic E-state index is 0.362. The molecule has 0 rings (SSSR count). The molecule has 0 aromatic carbocycles. The van der Waals surface area contributed by atoms with Crippen molar-refractivity contribution in [3.8, 4) is 0 Å². The molecule has 14 nitrogen and oxygen atoms in total. The average Bonchev–Trinajstić information content (AvgIpc) is 3.08. The topological polar surface area (TPSA) is 131 Å². The monoisotopic (exact) mass is 728 g/mol. The molecule has 14 heteroatoms. The smallest absolute Gasteiger partial charge is 0.410 e. The second kappa shape index (κ2) is 39.0. The van der Waals surface area contributed by atoms with Crippen LogP contribution in [0.3, 0.4) is 0 Å². The van der Waals surface area contributed by atoms with Gasteiger partial charge in [0.1, 0.15) is 5.60 Å². The van der Waals surface area contributed by atoms with Gasteiger partial charge in [-0.05, 0) is 27.2 Å². The highest BCUT2D eigenvalue weighted by Crippen LogP contribution is 2.09. The number of carbonyl (C=O) groups excluding carboxylic acids is 1. The van der Waals surface area contributed by atoms with Gasteiger partial charge in [-0.2, -0.15) is 0 Å². The fourth-order valence-electron chi connectivity index (χ4n) is 3.92. The van der Waals surface area contributed by atoms with Crippen molar-refractivity contribution < 1.29 is 61.6 Å². The maximum Gasteiger partial charge on any atom is 0.410 e. The van der Waals surface area contributed by atoms with Gasteiger partial charge in [0.2, 0.25) is 0 Å². The van der Waals surface area contributed by atoms with Crippen molar-refractivity contribution >= 4 is 6.09 Å². The van der Waals surface area contributed by atoms with Gasteiger partial charge in [-0.25, -0.2) is 4.79 Å². The summed E-state index contributed by atoms with van der Waals surface area (Å²) >= 11 is 0. The summed E-state index contributed by atoms with van der Waals surface area (Å²) in [6.07, 6.45) is 7.30. The summed E-state index contributed by atoms with van der Waals surface area (Å²) in [5.74, 6) is 0. The van der Waals surface area contributed by atoms with Crippen molar-refractivity contribution in [2.24, 2.45) is 0 Å². The van der Waals surface area contributed by atoms with E-state index in [1.807, 2.05) is 20.8 Å². The molecular weight excluding hydrogens is 654 g/mol. The first kappa shape index (κ1) is 48.8. The molecule has 0 unspecified atom stereocenters. The maximum atomic E-state index is 11.9. The van der Waals surface area contributed by atoms with Gasteiger partial charge in [0.15, 0.2) is 0 Å². The van der Waals surface area contributed by atoms with E-state index in [2.05, 4.69) is 6.92 Å². The summed E-state index contributed by atoms with van der Waals surface area (Å²) in [6, 6.07) is 0. The van der Waals surface area contributed by atoms with Gasteiger partial charge in [-0.15, -0.1) is 0 Å². The molecule has 0 saturated carbocycles. The SMILES string of the molecule is CCCCCCCCOCCOCCOCCOCCOCCOCCOCCOCCOCCOCCOCCN(C)C(=O)OC(C)(C)C. The molecule has 0 fully saturated rings. The molecule has 0 heterocycles. The Balaban J connectivity index is 3.13. The quantitative estimate of drug-likeness (QED) is 0.0828. The predicted octanol–water partition coefficient (Wildman–Crippen LogP) is 4.40. The van der Waals surface area contributed by atoms with Gasteiger partial charge >= 0.3 is 6.09 Å². The van der Waals surface area contributed by atoms with Crippen molar-refractivity contribution in [1.29, 1.82) is 0 Å². The van der Waals surface area contributed by atoms with E-state index in [0.29, 0.717) is 145 Å². The van der Waals surface area contributed by atoms with Crippen LogP contribution in [0.5, 0.6) is 0 Å². The van der Waals surface area contributed by atoms with E-state index in [1.54, 1.807) is 7.05 Å². The third-order valence-electron chi connectivity index (χ3n) is 6.64. The molecule has 0 aromatic heterocycles. The molecule has 0 aliphatic rings. The molecule has 0 N–H and O–H groups in total. The van der Waals surface area contributed by atoms with Gasteiger partial charge in [-0.1, -0.05) is 39.0 Å². The van der Waals surface area contributed by atoms with Crippen LogP contribution in [0.2, 0.25) is 0 Å². The first-order valence-corrected chi connectivity index (χ1v) is 18.7. The van der Waals surface area contributed by atoms with E-state index in [1.165, 1.54) is 37.0 Å². The van der Waals surface area contributed by atoms with Crippen LogP contribution in [0, 0.1) is 0 Å². The fraction of sp³-hybridized carbons (Fsp3) is 0.972. The summed E-state index contributed by atoms with van der Waals surface area (Å²) < 4.78 is 65.8. The Labute approximate surface area is 303 Å². The van der Waals surface area contributed by atoms with Crippen LogP contribution in [0.25, 0.3) is 0 Å². The minimum Gasteiger partial charge on any atom is -0.444 e. The van der Waals surface area contributed by atoms with Crippen LogP contribution in [-0.4, -0.2) is 176 Å². The van der Waals surface area contributed by atoms with Crippen LogP contribution in [0.4, 0.5) is 4.79 Å². The molecule has 0 atom stereocenters. The molecule has 0 aliphatic carbocycles. The predicted molar refractivity (Wildman–Crippen MR) is 191 cm³/mol. The number of nitrogens with zero attached hydrogens (tertiary/aromatic N) is 1. The molecular formula is C36H73NO13. The van der Waals surface area contributed by atoms with Crippen LogP contribution >= 0.6 is 0 Å². The standard InChI is InChI=1S/C36H73NO13/c1-6-7-8-9-10-11-13-39-15-17-41-19-21-43-23-25-45-27-29-47-31-33-49-34-32-48-30-28-46-26-24-44-22-20-42-18-16-40-14-12-37(5)35(38)50-36(2,3)4/h6-34H2,1-5H3. The summed E-state index contributed by atoms with van der Waals surface area (Å²) in [6.45, 7) is 19.8. The van der Waals surface area contributed by atoms with Gasteiger partial charge in [0, 0.05) is 20.2 Å². The van der Waals surface area contributed by atoms with E-state index in [4.69, 9.17) is 56.8 Å². The Morgan fingerprint density at radius 1 is 0.400 bits per heavy atom. The summed E-state index contributed by atoms with van der Waals surface area (Å²) in [5.41, 5.74) is -0.509. The summed E-state index contributed by atoms with van der Waals surface area (Å²) in [5, 5.41) is 0. The maximum absolute atomic E-state index is 11.9. The zero-order valence-electron chi connectivity index (χ0n) is 32.3. The fourth-order valence-corrected chi connectivity index (χ4v) is 3.92. The Hall–Kier alpha value is -1.17. The molecule has 0 spiro atoms. The van der Waals surface area contributed by atoms with Gasteiger partial charge in [-0.3, -0.25) is 0 Å². The number of carbonyl (C=O) groups is 1. The Bertz CT molecular complexity index is 685. The van der Waals surface area contributed by atoms with E-state index in [0.717, 1.165) is 13.0 Å². The number of ether oxygens (including phenoxy) is 12. The van der Waals surface area contributed by atoms with E-state index >= 15 is 0 Å². The third kappa shape index (κ3) is 41.3. The zero-order chi connectivity index (χ0) is 36.6. The average molecular weight is 728 g/mol. The number of likely N-dealkylation sites (N-methyl/N-ethyl adjacent to an activating group) is 1. The van der Waals surface area contributed by atoms with Gasteiger partial charge < -0.3 is 61.7 Å². The summed E-state index contributed by atoms with van der Waals surface area (Å²) in [7, 11) is 1.68. The van der Waals surface area contributed by atoms with E-state index in [9.17, 15) is 4.79 Å². The third-order valence-corrected chi connectivity index (χ3v) is 6.64. The second-order valence-electron chi connectivity index (χ2n) is 12.4. The molecule has 0 bridgehead atoms. The molecule has 0 aromatic rings. The number of rotatable bonds is 40. The zero-order valence-corrected chi connectivity index (χ0v) is 32.3. The van der Waals surface area contributed by atoms with Crippen LogP contribution < -0.4 is 0 Å². The number of hydrogen-bond acceptors (Lipinski definition) is 13. The lowest BCUT2D eigenvalue weighted by molar-refractivity contribution is -0.0277. The number of amides is 1. The van der Waals surface area contributed by atoms with Crippen molar-refractivity contribution in [3.63, 3.8) is 0 Å². The lowest BCUT2D eigenvalue weighted by atomic mass is 10.1. The highest BCUT2D eigenvalue weighted by Gasteiger charge is 2.19. The van der Waals surface area contributed by atoms with Crippen LogP contribution in [0.15, 0.2) is 0 Å². The first-order chi connectivity index (χ1) is 24.4. The number of unbranched alkanes of at least 4 members (excludes halogenated alkanes) is 5. The van der Waals surface area contributed by atoms with Gasteiger partial charge in [0.05, 0.1) is 139 Å². The van der Waals surface area contributed by atoms with Gasteiger partial charge in [0.25, 0.3) is 0 Å². The number of hydrogen-bond donors (Lipinski definition) is 0. The summed E-state index contributed by atoms with van der Waals surface area (Å²) in [4.78, 5) is 13.4. The van der Waals surface area contributed by atoms with Crippen molar-refractivity contribution in [1.82, 2.24) is 4.90 Å². The lowest BCUT2D eigenvalue weighted by Gasteiger charge is -2.24. The van der Waals surface area contributed by atoms with Crippen molar-refractivity contribution in [2.45, 2.75) is 71.8 Å². The normalized spacial score (nSPS) is 11.8. The Morgan fingerprint density at radius 3 is 0.960 bits per heavy atom. The molecule has 0 radical (unpaired) electrons. The molecule has 0 aliphatic heterocycles. The first-order valence-electron chi connectivity index (χ1n) is 18.7. The molecule has 0 saturated heterocycles. The van der Waals surface area contributed by atoms with Crippen molar-refractivity contribution in [2.75, 3.05) is 159 Å². The largest absolute Gasteiger partial charge is 0.444 e. The highest BCUT2D eigenvalue weighted by molar-refractivity contribution is 5.67. The van der Waals surface area contributed by atoms with E-state index in [-0.39, 0.29) is 6.09 Å². The van der Waals surface area contributed by atoms with Crippen LogP contribution in [-0.2, 0) is 56.8 Å². The van der Waals surface area contributed by atoms with Crippen molar-refractivity contribution in [3.05, 3.63) is 0 Å². The molecule has 300 valence electrons. The van der Waals surface area contributed by atoms with Crippen LogP contribution in [0.1, 0.15) is 66.2 Å². The molecule has 1 amide bonds. The van der Waals surface area contributed by atoms with E-state index < -0.39 is 5.60 Å². The minimum atomic E-state index is -0.509. The second-order valence-corrected chi connectivity index (χ2v) is 12.4. The Morgan fingerprint density at radius 2 is 0.660 bits per heavy atom. The Kier molecular flexibility index (Phi) is 38.1. The lowest BCUT2D eigenvalue weighted by Crippen LogP contribution is -2.36. The molecule has 50 heavy (non-hydrogen) atoms.